The molecule has 1 aliphatic heterocycles. The lowest BCUT2D eigenvalue weighted by Crippen LogP contribution is -2.44. The highest BCUT2D eigenvalue weighted by atomic mass is 32.2. The minimum Gasteiger partial charge on any atom is -0.385 e. The summed E-state index contributed by atoms with van der Waals surface area (Å²) in [6.07, 6.45) is 0. The number of thioether (sulfide) groups is 1. The Morgan fingerprint density at radius 2 is 2.32 bits per heavy atom. The van der Waals surface area contributed by atoms with Crippen LogP contribution in [0.4, 0.5) is 5.69 Å². The van der Waals surface area contributed by atoms with Crippen molar-refractivity contribution in [3.05, 3.63) is 29.3 Å². The van der Waals surface area contributed by atoms with Gasteiger partial charge in [0, 0.05) is 41.9 Å². The molecule has 0 bridgehead atoms. The van der Waals surface area contributed by atoms with E-state index in [0.717, 1.165) is 41.4 Å². The summed E-state index contributed by atoms with van der Waals surface area (Å²) >= 11 is 1.93. The SMILES string of the molecule is CCNc1ccc(C(=O)N2CCSCC2C)cc1C. The van der Waals surface area contributed by atoms with Crippen molar-refractivity contribution in [2.45, 2.75) is 26.8 Å². The Labute approximate surface area is 119 Å². The Kier molecular flexibility index (Phi) is 4.75. The molecule has 2 rings (SSSR count). The van der Waals surface area contributed by atoms with Gasteiger partial charge in [0.05, 0.1) is 0 Å². The van der Waals surface area contributed by atoms with Crippen LogP contribution >= 0.6 is 11.8 Å². The van der Waals surface area contributed by atoms with Gasteiger partial charge in [0.1, 0.15) is 0 Å². The lowest BCUT2D eigenvalue weighted by molar-refractivity contribution is 0.0716. The molecule has 1 fully saturated rings. The van der Waals surface area contributed by atoms with Gasteiger partial charge in [0.25, 0.3) is 5.91 Å². The van der Waals surface area contributed by atoms with Crippen molar-refractivity contribution in [3.8, 4) is 0 Å². The normalized spacial score (nSPS) is 19.3. The number of anilines is 1. The van der Waals surface area contributed by atoms with E-state index < -0.39 is 0 Å². The average Bonchev–Trinajstić information content (AvgIpc) is 2.41. The second-order valence-electron chi connectivity index (χ2n) is 4.98. The van der Waals surface area contributed by atoms with E-state index in [4.69, 9.17) is 0 Å². The van der Waals surface area contributed by atoms with E-state index in [9.17, 15) is 4.79 Å². The van der Waals surface area contributed by atoms with Crippen LogP contribution in [0.1, 0.15) is 29.8 Å². The van der Waals surface area contributed by atoms with E-state index in [1.54, 1.807) is 0 Å². The number of carbonyl (C=O) groups is 1. The highest BCUT2D eigenvalue weighted by Crippen LogP contribution is 2.21. The predicted octanol–water partition coefficient (Wildman–Crippen LogP) is 3.00. The van der Waals surface area contributed by atoms with E-state index in [-0.39, 0.29) is 5.91 Å². The Morgan fingerprint density at radius 3 is 2.95 bits per heavy atom. The molecule has 0 saturated carbocycles. The third-order valence-electron chi connectivity index (χ3n) is 3.47. The summed E-state index contributed by atoms with van der Waals surface area (Å²) in [6, 6.07) is 6.27. The Bertz CT molecular complexity index is 461. The zero-order chi connectivity index (χ0) is 13.8. The largest absolute Gasteiger partial charge is 0.385 e. The molecule has 1 N–H and O–H groups in total. The summed E-state index contributed by atoms with van der Waals surface area (Å²) in [5, 5.41) is 3.30. The van der Waals surface area contributed by atoms with Gasteiger partial charge in [0.2, 0.25) is 0 Å². The number of hydrogen-bond donors (Lipinski definition) is 1. The number of aryl methyl sites for hydroxylation is 1. The van der Waals surface area contributed by atoms with E-state index in [0.29, 0.717) is 6.04 Å². The first-order chi connectivity index (χ1) is 9.13. The van der Waals surface area contributed by atoms with Crippen LogP contribution in [0.25, 0.3) is 0 Å². The summed E-state index contributed by atoms with van der Waals surface area (Å²) in [4.78, 5) is 14.5. The van der Waals surface area contributed by atoms with Crippen molar-refractivity contribution in [1.82, 2.24) is 4.90 Å². The number of benzene rings is 1. The molecule has 1 unspecified atom stereocenters. The van der Waals surface area contributed by atoms with Crippen LogP contribution < -0.4 is 5.32 Å². The molecule has 104 valence electrons. The number of nitrogens with zero attached hydrogens (tertiary/aromatic N) is 1. The summed E-state index contributed by atoms with van der Waals surface area (Å²) in [5.74, 6) is 2.25. The molecule has 4 heteroatoms. The molecule has 19 heavy (non-hydrogen) atoms. The Hall–Kier alpha value is -1.16. The number of carbonyl (C=O) groups excluding carboxylic acids is 1. The molecule has 0 aliphatic carbocycles. The van der Waals surface area contributed by atoms with Gasteiger partial charge in [-0.05, 0) is 44.5 Å². The van der Waals surface area contributed by atoms with E-state index in [1.165, 1.54) is 0 Å². The molecular weight excluding hydrogens is 256 g/mol. The smallest absolute Gasteiger partial charge is 0.254 e. The van der Waals surface area contributed by atoms with Crippen molar-refractivity contribution in [3.63, 3.8) is 0 Å². The first-order valence-electron chi connectivity index (χ1n) is 6.86. The molecule has 0 aromatic heterocycles. The second kappa shape index (κ2) is 6.33. The zero-order valence-electron chi connectivity index (χ0n) is 11.9. The zero-order valence-corrected chi connectivity index (χ0v) is 12.7. The van der Waals surface area contributed by atoms with Gasteiger partial charge in [-0.1, -0.05) is 0 Å². The molecule has 3 nitrogen and oxygen atoms in total. The van der Waals surface area contributed by atoms with Gasteiger partial charge in [-0.25, -0.2) is 0 Å². The first-order valence-corrected chi connectivity index (χ1v) is 8.02. The predicted molar refractivity (Wildman–Crippen MR) is 83.2 cm³/mol. The maximum Gasteiger partial charge on any atom is 0.254 e. The highest BCUT2D eigenvalue weighted by molar-refractivity contribution is 7.99. The number of amides is 1. The third kappa shape index (κ3) is 3.24. The standard InChI is InChI=1S/C15H22N2OS/c1-4-16-14-6-5-13(9-11(14)2)15(18)17-7-8-19-10-12(17)3/h5-6,9,12,16H,4,7-8,10H2,1-3H3. The number of rotatable bonds is 3. The molecule has 1 saturated heterocycles. The number of nitrogens with one attached hydrogen (secondary N) is 1. The van der Waals surface area contributed by atoms with Gasteiger partial charge >= 0.3 is 0 Å². The van der Waals surface area contributed by atoms with Crippen molar-refractivity contribution in [1.29, 1.82) is 0 Å². The van der Waals surface area contributed by atoms with E-state index in [1.807, 2.05) is 41.8 Å². The quantitative estimate of drug-likeness (QED) is 0.922. The fourth-order valence-electron chi connectivity index (χ4n) is 2.38. The van der Waals surface area contributed by atoms with Gasteiger partial charge in [0.15, 0.2) is 0 Å². The van der Waals surface area contributed by atoms with Crippen molar-refractivity contribution in [2.75, 3.05) is 29.9 Å². The molecule has 1 aromatic carbocycles. The molecule has 1 aliphatic rings. The lowest BCUT2D eigenvalue weighted by atomic mass is 10.1. The van der Waals surface area contributed by atoms with Crippen LogP contribution in [-0.4, -0.2) is 41.4 Å². The van der Waals surface area contributed by atoms with Crippen LogP contribution in [0.2, 0.25) is 0 Å². The van der Waals surface area contributed by atoms with Gasteiger partial charge in [-0.3, -0.25) is 4.79 Å². The van der Waals surface area contributed by atoms with Crippen molar-refractivity contribution in [2.24, 2.45) is 0 Å². The summed E-state index contributed by atoms with van der Waals surface area (Å²) < 4.78 is 0. The van der Waals surface area contributed by atoms with Gasteiger partial charge < -0.3 is 10.2 Å². The summed E-state index contributed by atoms with van der Waals surface area (Å²) in [7, 11) is 0. The molecule has 1 heterocycles. The fraction of sp³-hybridized carbons (Fsp3) is 0.533. The molecule has 1 aromatic rings. The second-order valence-corrected chi connectivity index (χ2v) is 6.13. The first kappa shape index (κ1) is 14.3. The van der Waals surface area contributed by atoms with E-state index >= 15 is 0 Å². The minimum absolute atomic E-state index is 0.166. The van der Waals surface area contributed by atoms with Crippen LogP contribution in [0.3, 0.4) is 0 Å². The maximum atomic E-state index is 12.5. The topological polar surface area (TPSA) is 32.3 Å². The monoisotopic (exact) mass is 278 g/mol. The summed E-state index contributed by atoms with van der Waals surface area (Å²) in [6.45, 7) is 8.01. The molecule has 1 atom stereocenters. The average molecular weight is 278 g/mol. The van der Waals surface area contributed by atoms with Crippen LogP contribution in [0, 0.1) is 6.92 Å². The van der Waals surface area contributed by atoms with E-state index in [2.05, 4.69) is 19.2 Å². The van der Waals surface area contributed by atoms with Crippen LogP contribution in [-0.2, 0) is 0 Å². The maximum absolute atomic E-state index is 12.5. The van der Waals surface area contributed by atoms with Gasteiger partial charge in [-0.15, -0.1) is 0 Å². The molecule has 1 amide bonds. The van der Waals surface area contributed by atoms with Crippen molar-refractivity contribution >= 4 is 23.4 Å². The molecule has 0 spiro atoms. The van der Waals surface area contributed by atoms with Crippen LogP contribution in [0.5, 0.6) is 0 Å². The van der Waals surface area contributed by atoms with Gasteiger partial charge in [-0.2, -0.15) is 11.8 Å². The van der Waals surface area contributed by atoms with Crippen LogP contribution in [0.15, 0.2) is 18.2 Å². The Morgan fingerprint density at radius 1 is 1.53 bits per heavy atom. The Balaban J connectivity index is 2.17. The number of hydrogen-bond acceptors (Lipinski definition) is 3. The minimum atomic E-state index is 0.166. The van der Waals surface area contributed by atoms with Crippen molar-refractivity contribution < 1.29 is 4.79 Å². The fourth-order valence-corrected chi connectivity index (χ4v) is 3.39. The molecule has 0 radical (unpaired) electrons. The summed E-state index contributed by atoms with van der Waals surface area (Å²) in [5.41, 5.74) is 3.05. The highest BCUT2D eigenvalue weighted by Gasteiger charge is 2.24. The molecular formula is C15H22N2OS. The third-order valence-corrected chi connectivity index (χ3v) is 4.66. The lowest BCUT2D eigenvalue weighted by Gasteiger charge is -2.33.